The van der Waals surface area contributed by atoms with Crippen molar-refractivity contribution in [3.8, 4) is 0 Å². The Morgan fingerprint density at radius 1 is 1.07 bits per heavy atom. The highest BCUT2D eigenvalue weighted by molar-refractivity contribution is 4.69. The molecule has 0 aromatic carbocycles. The molecule has 0 aromatic heterocycles. The zero-order valence-corrected chi connectivity index (χ0v) is 9.67. The maximum absolute atomic E-state index is 9.54. The van der Waals surface area contributed by atoms with Gasteiger partial charge in [-0.1, -0.05) is 51.5 Å². The van der Waals surface area contributed by atoms with Crippen LogP contribution in [0.5, 0.6) is 0 Å². The molecule has 0 bridgehead atoms. The Balaban J connectivity index is 3.06. The van der Waals surface area contributed by atoms with Crippen LogP contribution in [0.2, 0.25) is 0 Å². The second kappa shape index (κ2) is 10.8. The molecule has 84 valence electrons. The Labute approximate surface area is 89.2 Å². The molecule has 0 aliphatic heterocycles. The molecule has 0 amide bonds. The van der Waals surface area contributed by atoms with E-state index in [1.54, 1.807) is 0 Å². The maximum Gasteiger partial charge on any atom is 0.0543 e. The van der Waals surface area contributed by atoms with Crippen molar-refractivity contribution in [2.24, 2.45) is 0 Å². The molecule has 1 heteroatoms. The van der Waals surface area contributed by atoms with Crippen molar-refractivity contribution in [3.63, 3.8) is 0 Å². The third-order valence-corrected chi connectivity index (χ3v) is 2.59. The van der Waals surface area contributed by atoms with E-state index >= 15 is 0 Å². The fourth-order valence-electron chi connectivity index (χ4n) is 1.61. The van der Waals surface area contributed by atoms with Crippen molar-refractivity contribution in [2.45, 2.75) is 70.8 Å². The Bertz CT molecular complexity index is 120. The van der Waals surface area contributed by atoms with Crippen LogP contribution in [0.15, 0.2) is 12.7 Å². The van der Waals surface area contributed by atoms with Crippen molar-refractivity contribution in [1.82, 2.24) is 0 Å². The van der Waals surface area contributed by atoms with Crippen LogP contribution in [0.3, 0.4) is 0 Å². The summed E-state index contributed by atoms with van der Waals surface area (Å²) in [6.07, 6.45) is 12.4. The lowest BCUT2D eigenvalue weighted by Gasteiger charge is -2.08. The zero-order valence-electron chi connectivity index (χ0n) is 9.67. The van der Waals surface area contributed by atoms with E-state index in [-0.39, 0.29) is 6.10 Å². The topological polar surface area (TPSA) is 20.2 Å². The number of unbranched alkanes of at least 4 members (excludes halogenated alkanes) is 5. The van der Waals surface area contributed by atoms with E-state index < -0.39 is 0 Å². The minimum Gasteiger partial charge on any atom is -0.393 e. The first kappa shape index (κ1) is 13.7. The van der Waals surface area contributed by atoms with Crippen molar-refractivity contribution in [1.29, 1.82) is 0 Å². The molecule has 0 aliphatic rings. The number of rotatable bonds is 10. The first-order chi connectivity index (χ1) is 6.81. The number of hydrogen-bond acceptors (Lipinski definition) is 1. The highest BCUT2D eigenvalue weighted by atomic mass is 16.3. The van der Waals surface area contributed by atoms with Crippen LogP contribution in [0, 0.1) is 0 Å². The molecule has 14 heavy (non-hydrogen) atoms. The number of hydrogen-bond donors (Lipinski definition) is 1. The van der Waals surface area contributed by atoms with Crippen LogP contribution >= 0.6 is 0 Å². The molecule has 0 radical (unpaired) electrons. The fraction of sp³-hybridized carbons (Fsp3) is 0.846. The molecular weight excluding hydrogens is 172 g/mol. The fourth-order valence-corrected chi connectivity index (χ4v) is 1.61. The van der Waals surface area contributed by atoms with Gasteiger partial charge in [-0.2, -0.15) is 0 Å². The van der Waals surface area contributed by atoms with E-state index in [0.717, 1.165) is 19.3 Å². The Hall–Kier alpha value is -0.300. The summed E-state index contributed by atoms with van der Waals surface area (Å²) in [4.78, 5) is 0. The first-order valence-corrected chi connectivity index (χ1v) is 6.10. The summed E-state index contributed by atoms with van der Waals surface area (Å²) in [6.45, 7) is 5.89. The van der Waals surface area contributed by atoms with Gasteiger partial charge in [0.2, 0.25) is 0 Å². The highest BCUT2D eigenvalue weighted by Gasteiger charge is 2.01. The number of allylic oxidation sites excluding steroid dienone is 1. The van der Waals surface area contributed by atoms with E-state index in [0.29, 0.717) is 0 Å². The maximum atomic E-state index is 9.54. The van der Waals surface area contributed by atoms with Gasteiger partial charge in [0.1, 0.15) is 0 Å². The predicted molar refractivity (Wildman–Crippen MR) is 63.4 cm³/mol. The monoisotopic (exact) mass is 198 g/mol. The van der Waals surface area contributed by atoms with Gasteiger partial charge in [-0.25, -0.2) is 0 Å². The lowest BCUT2D eigenvalue weighted by Crippen LogP contribution is -2.05. The largest absolute Gasteiger partial charge is 0.393 e. The summed E-state index contributed by atoms with van der Waals surface area (Å²) in [7, 11) is 0. The molecule has 0 fully saturated rings. The van der Waals surface area contributed by atoms with Crippen molar-refractivity contribution < 1.29 is 5.11 Å². The van der Waals surface area contributed by atoms with E-state index in [2.05, 4.69) is 13.5 Å². The van der Waals surface area contributed by atoms with Crippen LogP contribution in [0.4, 0.5) is 0 Å². The van der Waals surface area contributed by atoms with Gasteiger partial charge in [-0.3, -0.25) is 0 Å². The highest BCUT2D eigenvalue weighted by Crippen LogP contribution is 2.11. The lowest BCUT2D eigenvalue weighted by molar-refractivity contribution is 0.152. The number of aliphatic hydroxyl groups is 1. The SMILES string of the molecule is C=CCCC(O)CCCCCCCC. The molecule has 0 saturated carbocycles. The van der Waals surface area contributed by atoms with Gasteiger partial charge in [-0.15, -0.1) is 6.58 Å². The predicted octanol–water partition coefficient (Wildman–Crippen LogP) is 4.06. The first-order valence-electron chi connectivity index (χ1n) is 6.10. The third kappa shape index (κ3) is 9.79. The second-order valence-electron chi connectivity index (χ2n) is 4.08. The molecule has 0 aliphatic carbocycles. The van der Waals surface area contributed by atoms with Crippen molar-refractivity contribution in [3.05, 3.63) is 12.7 Å². The molecule has 0 aromatic rings. The molecule has 1 N–H and O–H groups in total. The van der Waals surface area contributed by atoms with Crippen molar-refractivity contribution >= 4 is 0 Å². The molecule has 0 rings (SSSR count). The van der Waals surface area contributed by atoms with Crippen LogP contribution in [-0.4, -0.2) is 11.2 Å². The Morgan fingerprint density at radius 2 is 1.71 bits per heavy atom. The summed E-state index contributed by atoms with van der Waals surface area (Å²) in [5.74, 6) is 0. The normalized spacial score (nSPS) is 12.7. The molecule has 0 spiro atoms. The molecule has 0 saturated heterocycles. The third-order valence-electron chi connectivity index (χ3n) is 2.59. The minimum absolute atomic E-state index is 0.0980. The van der Waals surface area contributed by atoms with Gasteiger partial charge >= 0.3 is 0 Å². The van der Waals surface area contributed by atoms with E-state index in [1.165, 1.54) is 38.5 Å². The van der Waals surface area contributed by atoms with Crippen LogP contribution in [0.1, 0.15) is 64.7 Å². The lowest BCUT2D eigenvalue weighted by atomic mass is 10.0. The summed E-state index contributed by atoms with van der Waals surface area (Å²) in [5.41, 5.74) is 0. The Morgan fingerprint density at radius 3 is 2.36 bits per heavy atom. The van der Waals surface area contributed by atoms with Crippen molar-refractivity contribution in [2.75, 3.05) is 0 Å². The molecule has 1 atom stereocenters. The second-order valence-corrected chi connectivity index (χ2v) is 4.08. The van der Waals surface area contributed by atoms with Crippen LogP contribution in [0.25, 0.3) is 0 Å². The van der Waals surface area contributed by atoms with Gasteiger partial charge < -0.3 is 5.11 Å². The summed E-state index contributed by atoms with van der Waals surface area (Å²) in [6, 6.07) is 0. The van der Waals surface area contributed by atoms with Gasteiger partial charge in [0.15, 0.2) is 0 Å². The average Bonchev–Trinajstić information content (AvgIpc) is 2.20. The molecule has 1 unspecified atom stereocenters. The van der Waals surface area contributed by atoms with Gasteiger partial charge in [0.25, 0.3) is 0 Å². The Kier molecular flexibility index (Phi) is 10.5. The zero-order chi connectivity index (χ0) is 10.6. The smallest absolute Gasteiger partial charge is 0.0543 e. The minimum atomic E-state index is -0.0980. The average molecular weight is 198 g/mol. The molecule has 0 heterocycles. The van der Waals surface area contributed by atoms with Crippen LogP contribution < -0.4 is 0 Å². The summed E-state index contributed by atoms with van der Waals surface area (Å²) >= 11 is 0. The van der Waals surface area contributed by atoms with E-state index in [9.17, 15) is 5.11 Å². The van der Waals surface area contributed by atoms with E-state index in [4.69, 9.17) is 0 Å². The van der Waals surface area contributed by atoms with Gasteiger partial charge in [-0.05, 0) is 19.3 Å². The van der Waals surface area contributed by atoms with Gasteiger partial charge in [0.05, 0.1) is 6.10 Å². The van der Waals surface area contributed by atoms with Crippen LogP contribution in [-0.2, 0) is 0 Å². The quantitative estimate of drug-likeness (QED) is 0.414. The number of aliphatic hydroxyl groups excluding tert-OH is 1. The van der Waals surface area contributed by atoms with Gasteiger partial charge in [0, 0.05) is 0 Å². The molecular formula is C13H26O. The summed E-state index contributed by atoms with van der Waals surface area (Å²) in [5, 5.41) is 9.54. The molecule has 1 nitrogen and oxygen atoms in total. The standard InChI is InChI=1S/C13H26O/c1-3-5-7-8-9-10-12-13(14)11-6-4-2/h4,13-14H,2-3,5-12H2,1H3. The van der Waals surface area contributed by atoms with E-state index in [1.807, 2.05) is 6.08 Å². The summed E-state index contributed by atoms with van der Waals surface area (Å²) < 4.78 is 0.